The lowest BCUT2D eigenvalue weighted by molar-refractivity contribution is -0.118. The van der Waals surface area contributed by atoms with Crippen molar-refractivity contribution in [1.82, 2.24) is 0 Å². The molecule has 0 aromatic heterocycles. The number of carbonyl (C=O) groups is 1. The number of ether oxygens (including phenoxy) is 1. The molecule has 4 nitrogen and oxygen atoms in total. The zero-order valence-corrected chi connectivity index (χ0v) is 14.9. The molecule has 0 radical (unpaired) electrons. The number of aryl methyl sites for hydroxylation is 1. The fourth-order valence-corrected chi connectivity index (χ4v) is 3.16. The van der Waals surface area contributed by atoms with E-state index in [-0.39, 0.29) is 18.3 Å². The minimum absolute atomic E-state index is 0. The average molecular weight is 347 g/mol. The minimum Gasteiger partial charge on any atom is -0.496 e. The predicted octanol–water partition coefficient (Wildman–Crippen LogP) is 3.53. The summed E-state index contributed by atoms with van der Waals surface area (Å²) in [6.07, 6.45) is 2.25. The first-order valence-corrected chi connectivity index (χ1v) is 7.91. The number of benzene rings is 2. The maximum absolute atomic E-state index is 12.8. The van der Waals surface area contributed by atoms with Gasteiger partial charge in [-0.15, -0.1) is 12.4 Å². The maximum Gasteiger partial charge on any atom is 0.231 e. The van der Waals surface area contributed by atoms with Crippen LogP contribution in [0.15, 0.2) is 36.4 Å². The molecule has 0 aliphatic carbocycles. The van der Waals surface area contributed by atoms with Crippen LogP contribution in [-0.2, 0) is 17.6 Å². The number of fused-ring (bicyclic) bond motifs is 1. The number of halogens is 1. The zero-order chi connectivity index (χ0) is 16.4. The molecule has 3 rings (SSSR count). The third kappa shape index (κ3) is 3.49. The summed E-state index contributed by atoms with van der Waals surface area (Å²) in [5, 5.41) is 0. The largest absolute Gasteiger partial charge is 0.496 e. The van der Waals surface area contributed by atoms with Crippen LogP contribution < -0.4 is 15.4 Å². The Morgan fingerprint density at radius 2 is 2.08 bits per heavy atom. The van der Waals surface area contributed by atoms with Gasteiger partial charge in [0, 0.05) is 17.9 Å². The van der Waals surface area contributed by atoms with Gasteiger partial charge in [0.15, 0.2) is 0 Å². The first-order chi connectivity index (χ1) is 11.1. The second kappa shape index (κ2) is 7.58. The van der Waals surface area contributed by atoms with Crippen molar-refractivity contribution in [3.8, 4) is 5.75 Å². The summed E-state index contributed by atoms with van der Waals surface area (Å²) in [7, 11) is 1.65. The second-order valence-corrected chi connectivity index (χ2v) is 5.97. The van der Waals surface area contributed by atoms with E-state index in [1.165, 1.54) is 0 Å². The number of nitrogens with two attached hydrogens (primary N) is 1. The zero-order valence-electron chi connectivity index (χ0n) is 14.0. The van der Waals surface area contributed by atoms with Crippen molar-refractivity contribution in [2.75, 3.05) is 24.3 Å². The average Bonchev–Trinajstić information content (AvgIpc) is 2.56. The smallest absolute Gasteiger partial charge is 0.231 e. The Balaban J connectivity index is 0.00000208. The van der Waals surface area contributed by atoms with Crippen molar-refractivity contribution in [3.05, 3.63) is 53.1 Å². The van der Waals surface area contributed by atoms with Crippen LogP contribution in [0.4, 0.5) is 11.4 Å². The maximum atomic E-state index is 12.8. The molecule has 2 aromatic carbocycles. The van der Waals surface area contributed by atoms with Crippen LogP contribution in [0.25, 0.3) is 0 Å². The molecule has 2 aromatic rings. The highest BCUT2D eigenvalue weighted by atomic mass is 35.5. The third-order valence-electron chi connectivity index (χ3n) is 4.42. The standard InChI is InChI=1S/C19H22N2O2.ClH/c1-13-8-9-14(11-18(13)23-2)12-19(22)21-10-4-5-15-16(20)6-3-7-17(15)21;/h3,6-9,11H,4-5,10,12,20H2,1-2H3;1H. The van der Waals surface area contributed by atoms with E-state index in [0.717, 1.165) is 53.2 Å². The van der Waals surface area contributed by atoms with E-state index in [4.69, 9.17) is 10.5 Å². The number of nitrogen functional groups attached to an aromatic ring is 1. The van der Waals surface area contributed by atoms with Crippen molar-refractivity contribution in [3.63, 3.8) is 0 Å². The van der Waals surface area contributed by atoms with Gasteiger partial charge in [0.2, 0.25) is 5.91 Å². The van der Waals surface area contributed by atoms with E-state index in [2.05, 4.69) is 0 Å². The summed E-state index contributed by atoms with van der Waals surface area (Å²) in [4.78, 5) is 14.6. The molecule has 1 aliphatic rings. The molecule has 128 valence electrons. The predicted molar refractivity (Wildman–Crippen MR) is 100 cm³/mol. The van der Waals surface area contributed by atoms with Crippen LogP contribution in [0.1, 0.15) is 23.1 Å². The Labute approximate surface area is 149 Å². The number of amides is 1. The molecule has 0 atom stereocenters. The SMILES string of the molecule is COc1cc(CC(=O)N2CCCc3c(N)cccc32)ccc1C.Cl. The fourth-order valence-electron chi connectivity index (χ4n) is 3.16. The van der Waals surface area contributed by atoms with Crippen molar-refractivity contribution in [2.45, 2.75) is 26.2 Å². The van der Waals surface area contributed by atoms with Crippen molar-refractivity contribution in [2.24, 2.45) is 0 Å². The molecule has 24 heavy (non-hydrogen) atoms. The number of anilines is 2. The number of hydrogen-bond acceptors (Lipinski definition) is 3. The number of carbonyl (C=O) groups excluding carboxylic acids is 1. The molecular formula is C19H23ClN2O2. The summed E-state index contributed by atoms with van der Waals surface area (Å²) >= 11 is 0. The van der Waals surface area contributed by atoms with Gasteiger partial charge in [-0.1, -0.05) is 18.2 Å². The van der Waals surface area contributed by atoms with Gasteiger partial charge in [0.25, 0.3) is 0 Å². The van der Waals surface area contributed by atoms with E-state index in [9.17, 15) is 4.79 Å². The van der Waals surface area contributed by atoms with Gasteiger partial charge in [0.05, 0.1) is 13.5 Å². The van der Waals surface area contributed by atoms with Crippen molar-refractivity contribution < 1.29 is 9.53 Å². The van der Waals surface area contributed by atoms with E-state index in [1.807, 2.05) is 48.2 Å². The third-order valence-corrected chi connectivity index (χ3v) is 4.42. The number of hydrogen-bond donors (Lipinski definition) is 1. The van der Waals surface area contributed by atoms with Crippen molar-refractivity contribution in [1.29, 1.82) is 0 Å². The normalized spacial score (nSPS) is 13.0. The lowest BCUT2D eigenvalue weighted by atomic mass is 9.99. The highest BCUT2D eigenvalue weighted by Gasteiger charge is 2.23. The van der Waals surface area contributed by atoms with Gasteiger partial charge in [-0.25, -0.2) is 0 Å². The number of nitrogens with zero attached hydrogens (tertiary/aromatic N) is 1. The van der Waals surface area contributed by atoms with Crippen LogP contribution in [0.5, 0.6) is 5.75 Å². The summed E-state index contributed by atoms with van der Waals surface area (Å²) in [5.74, 6) is 0.918. The van der Waals surface area contributed by atoms with Crippen LogP contribution in [0, 0.1) is 6.92 Å². The molecule has 1 amide bonds. The van der Waals surface area contributed by atoms with Gasteiger partial charge < -0.3 is 15.4 Å². The summed E-state index contributed by atoms with van der Waals surface area (Å²) in [6.45, 7) is 2.74. The Morgan fingerprint density at radius 3 is 2.83 bits per heavy atom. The first-order valence-electron chi connectivity index (χ1n) is 7.91. The number of methoxy groups -OCH3 is 1. The quantitative estimate of drug-likeness (QED) is 0.865. The molecule has 0 fully saturated rings. The van der Waals surface area contributed by atoms with Gasteiger partial charge in [-0.2, -0.15) is 0 Å². The van der Waals surface area contributed by atoms with Gasteiger partial charge in [-0.3, -0.25) is 4.79 Å². The van der Waals surface area contributed by atoms with Crippen molar-refractivity contribution >= 4 is 29.7 Å². The molecule has 0 unspecified atom stereocenters. The lowest BCUT2D eigenvalue weighted by Crippen LogP contribution is -2.36. The molecule has 0 saturated heterocycles. The second-order valence-electron chi connectivity index (χ2n) is 5.97. The van der Waals surface area contributed by atoms with Gasteiger partial charge >= 0.3 is 0 Å². The first kappa shape index (κ1) is 18.1. The van der Waals surface area contributed by atoms with E-state index < -0.39 is 0 Å². The van der Waals surface area contributed by atoms with E-state index in [1.54, 1.807) is 7.11 Å². The summed E-state index contributed by atoms with van der Waals surface area (Å²) < 4.78 is 5.34. The van der Waals surface area contributed by atoms with Crippen LogP contribution in [0.3, 0.4) is 0 Å². The Hall–Kier alpha value is -2.20. The summed E-state index contributed by atoms with van der Waals surface area (Å²) in [6, 6.07) is 11.7. The molecule has 0 saturated carbocycles. The topological polar surface area (TPSA) is 55.6 Å². The van der Waals surface area contributed by atoms with E-state index in [0.29, 0.717) is 6.42 Å². The Morgan fingerprint density at radius 1 is 1.29 bits per heavy atom. The van der Waals surface area contributed by atoms with Gasteiger partial charge in [0.1, 0.15) is 5.75 Å². The Bertz CT molecular complexity index is 746. The fraction of sp³-hybridized carbons (Fsp3) is 0.316. The summed E-state index contributed by atoms with van der Waals surface area (Å²) in [5.41, 5.74) is 10.9. The molecular weight excluding hydrogens is 324 g/mol. The van der Waals surface area contributed by atoms with Crippen LogP contribution >= 0.6 is 12.4 Å². The highest BCUT2D eigenvalue weighted by Crippen LogP contribution is 2.31. The van der Waals surface area contributed by atoms with Crippen LogP contribution in [-0.4, -0.2) is 19.6 Å². The highest BCUT2D eigenvalue weighted by molar-refractivity contribution is 5.96. The monoisotopic (exact) mass is 346 g/mol. The molecule has 0 bridgehead atoms. The lowest BCUT2D eigenvalue weighted by Gasteiger charge is -2.30. The molecule has 2 N–H and O–H groups in total. The molecule has 1 aliphatic heterocycles. The van der Waals surface area contributed by atoms with E-state index >= 15 is 0 Å². The van der Waals surface area contributed by atoms with Crippen LogP contribution in [0.2, 0.25) is 0 Å². The Kier molecular flexibility index (Phi) is 5.73. The molecule has 0 spiro atoms. The number of rotatable bonds is 3. The molecule has 5 heteroatoms. The molecule has 1 heterocycles. The minimum atomic E-state index is 0. The van der Waals surface area contributed by atoms with Gasteiger partial charge in [-0.05, 0) is 54.7 Å².